The summed E-state index contributed by atoms with van der Waals surface area (Å²) < 4.78 is 5.59. The smallest absolute Gasteiger partial charge is 0.241 e. The van der Waals surface area contributed by atoms with Crippen LogP contribution in [0.5, 0.6) is 5.75 Å². The highest BCUT2D eigenvalue weighted by Crippen LogP contribution is 2.27. The number of amides is 2. The van der Waals surface area contributed by atoms with Gasteiger partial charge < -0.3 is 15.0 Å². The summed E-state index contributed by atoms with van der Waals surface area (Å²) in [6.45, 7) is 3.62. The number of anilines is 1. The van der Waals surface area contributed by atoms with Crippen molar-refractivity contribution in [2.24, 2.45) is 5.92 Å². The summed E-state index contributed by atoms with van der Waals surface area (Å²) >= 11 is 0. The van der Waals surface area contributed by atoms with E-state index in [1.807, 2.05) is 54.4 Å². The molecule has 3 heterocycles. The zero-order valence-electron chi connectivity index (χ0n) is 17.7. The summed E-state index contributed by atoms with van der Waals surface area (Å²) in [5, 5.41) is 2.99. The predicted molar refractivity (Wildman–Crippen MR) is 117 cm³/mol. The lowest BCUT2D eigenvalue weighted by atomic mass is 9.94. The molecule has 2 saturated heterocycles. The van der Waals surface area contributed by atoms with Gasteiger partial charge in [-0.3, -0.25) is 14.6 Å². The molecule has 0 bridgehead atoms. The number of nitrogens with zero attached hydrogens (tertiary/aromatic N) is 2. The van der Waals surface area contributed by atoms with Crippen molar-refractivity contribution in [1.82, 2.24) is 20.7 Å². The van der Waals surface area contributed by atoms with Crippen LogP contribution in [0.25, 0.3) is 0 Å². The van der Waals surface area contributed by atoms with E-state index >= 15 is 0 Å². The number of hydrazine groups is 1. The Labute approximate surface area is 182 Å². The van der Waals surface area contributed by atoms with Crippen molar-refractivity contribution >= 4 is 17.5 Å². The largest absolute Gasteiger partial charge is 0.492 e. The number of nitrogens with one attached hydrogen (secondary N) is 3. The van der Waals surface area contributed by atoms with Crippen molar-refractivity contribution in [2.75, 3.05) is 25.0 Å². The topological polar surface area (TPSA) is 95.6 Å². The number of para-hydroxylation sites is 2. The maximum absolute atomic E-state index is 13.0. The van der Waals surface area contributed by atoms with Crippen LogP contribution in [-0.4, -0.2) is 47.4 Å². The molecule has 2 atom stereocenters. The third kappa shape index (κ3) is 5.03. The molecule has 1 aromatic carbocycles. The summed E-state index contributed by atoms with van der Waals surface area (Å²) in [5.74, 6) is 0.626. The zero-order valence-corrected chi connectivity index (χ0v) is 17.7. The van der Waals surface area contributed by atoms with Crippen LogP contribution in [0.3, 0.4) is 0 Å². The van der Waals surface area contributed by atoms with Gasteiger partial charge in [0.15, 0.2) is 0 Å². The first-order chi connectivity index (χ1) is 15.2. The van der Waals surface area contributed by atoms with E-state index in [0.717, 1.165) is 5.56 Å². The molecule has 2 aliphatic heterocycles. The minimum absolute atomic E-state index is 0.0171. The van der Waals surface area contributed by atoms with Gasteiger partial charge in [-0.1, -0.05) is 18.2 Å². The van der Waals surface area contributed by atoms with Gasteiger partial charge in [0.25, 0.3) is 0 Å². The number of aromatic nitrogens is 1. The summed E-state index contributed by atoms with van der Waals surface area (Å²) in [6.07, 6.45) is 5.55. The average Bonchev–Trinajstić information content (AvgIpc) is 3.31. The van der Waals surface area contributed by atoms with Gasteiger partial charge in [0, 0.05) is 37.4 Å². The van der Waals surface area contributed by atoms with Crippen LogP contribution in [0.2, 0.25) is 0 Å². The normalized spacial score (nSPS) is 21.6. The SMILES string of the molecule is CCOc1ccccc1NC(=O)C1CCN(C(=O)C2CC(c3cccnc3)NN2)CC1. The highest BCUT2D eigenvalue weighted by Gasteiger charge is 2.35. The molecular formula is C23H29N5O3. The predicted octanol–water partition coefficient (Wildman–Crippen LogP) is 2.27. The molecule has 2 amide bonds. The van der Waals surface area contributed by atoms with Crippen molar-refractivity contribution in [2.45, 2.75) is 38.3 Å². The van der Waals surface area contributed by atoms with Gasteiger partial charge in [0.05, 0.1) is 12.3 Å². The molecule has 0 radical (unpaired) electrons. The van der Waals surface area contributed by atoms with Crippen molar-refractivity contribution in [3.63, 3.8) is 0 Å². The lowest BCUT2D eigenvalue weighted by Gasteiger charge is -2.33. The van der Waals surface area contributed by atoms with Crippen LogP contribution < -0.4 is 20.9 Å². The first kappa shape index (κ1) is 21.3. The Bertz CT molecular complexity index is 899. The molecule has 8 heteroatoms. The third-order valence-electron chi connectivity index (χ3n) is 5.91. The standard InChI is InChI=1S/C23H29N5O3/c1-2-31-21-8-4-3-7-18(21)25-22(29)16-9-12-28(13-10-16)23(30)20-14-19(26-27-20)17-6-5-11-24-15-17/h3-8,11,15-16,19-20,26-27H,2,9-10,12-14H2,1H3,(H,25,29). The fraction of sp³-hybridized carbons (Fsp3) is 0.435. The fourth-order valence-corrected chi connectivity index (χ4v) is 4.19. The lowest BCUT2D eigenvalue weighted by Crippen LogP contribution is -2.49. The number of likely N-dealkylation sites (tertiary alicyclic amines) is 1. The maximum Gasteiger partial charge on any atom is 0.241 e. The Morgan fingerprint density at radius 1 is 1.16 bits per heavy atom. The number of hydrogen-bond acceptors (Lipinski definition) is 6. The molecule has 0 spiro atoms. The molecule has 3 N–H and O–H groups in total. The van der Waals surface area contributed by atoms with Gasteiger partial charge in [-0.15, -0.1) is 0 Å². The summed E-state index contributed by atoms with van der Waals surface area (Å²) in [6, 6.07) is 11.2. The summed E-state index contributed by atoms with van der Waals surface area (Å²) in [7, 11) is 0. The highest BCUT2D eigenvalue weighted by molar-refractivity contribution is 5.94. The summed E-state index contributed by atoms with van der Waals surface area (Å²) in [4.78, 5) is 31.7. The van der Waals surface area contributed by atoms with E-state index in [1.165, 1.54) is 0 Å². The Morgan fingerprint density at radius 2 is 1.97 bits per heavy atom. The Hall–Kier alpha value is -2.97. The molecule has 164 valence electrons. The van der Waals surface area contributed by atoms with Crippen molar-refractivity contribution < 1.29 is 14.3 Å². The quantitative estimate of drug-likeness (QED) is 0.660. The number of pyridine rings is 1. The summed E-state index contributed by atoms with van der Waals surface area (Å²) in [5.41, 5.74) is 8.08. The van der Waals surface area contributed by atoms with Crippen LogP contribution >= 0.6 is 0 Å². The second-order valence-corrected chi connectivity index (χ2v) is 7.93. The van der Waals surface area contributed by atoms with Gasteiger partial charge in [-0.2, -0.15) is 0 Å². The molecule has 2 aromatic rings. The van der Waals surface area contributed by atoms with E-state index in [1.54, 1.807) is 6.20 Å². The second kappa shape index (κ2) is 9.89. The monoisotopic (exact) mass is 423 g/mol. The number of carbonyl (C=O) groups excluding carboxylic acids is 2. The van der Waals surface area contributed by atoms with Gasteiger partial charge in [-0.05, 0) is 49.9 Å². The first-order valence-electron chi connectivity index (χ1n) is 10.9. The van der Waals surface area contributed by atoms with Gasteiger partial charge in [0.1, 0.15) is 11.8 Å². The van der Waals surface area contributed by atoms with Crippen molar-refractivity contribution in [3.05, 3.63) is 54.4 Å². The molecule has 1 aromatic heterocycles. The molecule has 2 fully saturated rings. The van der Waals surface area contributed by atoms with E-state index in [-0.39, 0.29) is 29.8 Å². The van der Waals surface area contributed by atoms with Crippen molar-refractivity contribution in [1.29, 1.82) is 0 Å². The molecule has 0 saturated carbocycles. The lowest BCUT2D eigenvalue weighted by molar-refractivity contribution is -0.136. The van der Waals surface area contributed by atoms with Crippen molar-refractivity contribution in [3.8, 4) is 5.75 Å². The second-order valence-electron chi connectivity index (χ2n) is 7.93. The fourth-order valence-electron chi connectivity index (χ4n) is 4.19. The molecule has 4 rings (SSSR count). The van der Waals surface area contributed by atoms with Crippen LogP contribution in [0, 0.1) is 5.92 Å². The Kier molecular flexibility index (Phi) is 6.79. The van der Waals surface area contributed by atoms with Crippen LogP contribution in [-0.2, 0) is 9.59 Å². The zero-order chi connectivity index (χ0) is 21.6. The number of piperidine rings is 1. The minimum atomic E-state index is -0.270. The van der Waals surface area contributed by atoms with E-state index in [9.17, 15) is 9.59 Å². The number of hydrogen-bond donors (Lipinski definition) is 3. The number of rotatable bonds is 6. The van der Waals surface area contributed by atoms with Crippen LogP contribution in [0.1, 0.15) is 37.8 Å². The molecule has 31 heavy (non-hydrogen) atoms. The number of benzene rings is 1. The first-order valence-corrected chi connectivity index (χ1v) is 10.9. The molecule has 2 aliphatic rings. The minimum Gasteiger partial charge on any atom is -0.492 e. The molecular weight excluding hydrogens is 394 g/mol. The van der Waals surface area contributed by atoms with Gasteiger partial charge in [-0.25, -0.2) is 10.9 Å². The average molecular weight is 424 g/mol. The highest BCUT2D eigenvalue weighted by atomic mass is 16.5. The van der Waals surface area contributed by atoms with Gasteiger partial charge in [0.2, 0.25) is 11.8 Å². The third-order valence-corrected chi connectivity index (χ3v) is 5.91. The Morgan fingerprint density at radius 3 is 2.71 bits per heavy atom. The Balaban J connectivity index is 1.28. The van der Waals surface area contributed by atoms with Crippen LogP contribution in [0.4, 0.5) is 5.69 Å². The number of ether oxygens (including phenoxy) is 1. The van der Waals surface area contributed by atoms with E-state index < -0.39 is 0 Å². The van der Waals surface area contributed by atoms with E-state index in [4.69, 9.17) is 4.74 Å². The van der Waals surface area contributed by atoms with E-state index in [2.05, 4.69) is 21.2 Å². The number of carbonyl (C=O) groups is 2. The van der Waals surface area contributed by atoms with Gasteiger partial charge >= 0.3 is 0 Å². The van der Waals surface area contributed by atoms with E-state index in [0.29, 0.717) is 50.4 Å². The molecule has 2 unspecified atom stereocenters. The molecule has 8 nitrogen and oxygen atoms in total. The molecule has 0 aliphatic carbocycles. The maximum atomic E-state index is 13.0. The van der Waals surface area contributed by atoms with Crippen LogP contribution in [0.15, 0.2) is 48.8 Å².